The summed E-state index contributed by atoms with van der Waals surface area (Å²) in [5.74, 6) is 0.117. The van der Waals surface area contributed by atoms with Gasteiger partial charge < -0.3 is 20.7 Å². The van der Waals surface area contributed by atoms with E-state index < -0.39 is 11.7 Å². The molecule has 1 aliphatic heterocycles. The lowest BCUT2D eigenvalue weighted by molar-refractivity contribution is -0.126. The van der Waals surface area contributed by atoms with Gasteiger partial charge >= 0.3 is 6.09 Å². The fraction of sp³-hybridized carbons (Fsp3) is 0.818. The SMILES string of the molecule is CC(C)(C)OC(=O)NCCNC(=O)C1CNC1. The van der Waals surface area contributed by atoms with Crippen molar-refractivity contribution in [2.75, 3.05) is 26.2 Å². The van der Waals surface area contributed by atoms with E-state index in [0.29, 0.717) is 13.1 Å². The maximum atomic E-state index is 11.4. The Labute approximate surface area is 101 Å². The van der Waals surface area contributed by atoms with E-state index in [1.807, 2.05) is 0 Å². The number of hydrogen-bond acceptors (Lipinski definition) is 4. The summed E-state index contributed by atoms with van der Waals surface area (Å²) in [5.41, 5.74) is -0.495. The van der Waals surface area contributed by atoms with Crippen LogP contribution >= 0.6 is 0 Å². The van der Waals surface area contributed by atoms with Gasteiger partial charge in [0.15, 0.2) is 0 Å². The van der Waals surface area contributed by atoms with Crippen LogP contribution < -0.4 is 16.0 Å². The minimum Gasteiger partial charge on any atom is -0.444 e. The van der Waals surface area contributed by atoms with Crippen LogP contribution in [0, 0.1) is 5.92 Å². The van der Waals surface area contributed by atoms with Gasteiger partial charge in [0.2, 0.25) is 5.91 Å². The number of rotatable bonds is 4. The summed E-state index contributed by atoms with van der Waals surface area (Å²) >= 11 is 0. The van der Waals surface area contributed by atoms with Gasteiger partial charge in [-0.3, -0.25) is 4.79 Å². The summed E-state index contributed by atoms with van der Waals surface area (Å²) in [7, 11) is 0. The molecule has 0 radical (unpaired) electrons. The standard InChI is InChI=1S/C11H21N3O3/c1-11(2,3)17-10(16)14-5-4-13-9(15)8-6-12-7-8/h8,12H,4-7H2,1-3H3,(H,13,15)(H,14,16). The molecule has 0 bridgehead atoms. The van der Waals surface area contributed by atoms with Crippen molar-refractivity contribution in [1.29, 1.82) is 0 Å². The summed E-state index contributed by atoms with van der Waals surface area (Å²) in [4.78, 5) is 22.7. The largest absolute Gasteiger partial charge is 0.444 e. The average molecular weight is 243 g/mol. The molecule has 0 atom stereocenters. The van der Waals surface area contributed by atoms with Gasteiger partial charge in [-0.1, -0.05) is 0 Å². The summed E-state index contributed by atoms with van der Waals surface area (Å²) < 4.78 is 5.05. The Morgan fingerprint density at radius 1 is 1.24 bits per heavy atom. The Hall–Kier alpha value is -1.30. The van der Waals surface area contributed by atoms with E-state index in [-0.39, 0.29) is 11.8 Å². The minimum absolute atomic E-state index is 0.0368. The first kappa shape index (κ1) is 13.8. The van der Waals surface area contributed by atoms with Crippen LogP contribution in [0.15, 0.2) is 0 Å². The molecule has 1 aliphatic rings. The number of amides is 2. The molecular weight excluding hydrogens is 222 g/mol. The van der Waals surface area contributed by atoms with Gasteiger partial charge in [0.05, 0.1) is 5.92 Å². The molecular formula is C11H21N3O3. The number of hydrogen-bond donors (Lipinski definition) is 3. The molecule has 0 saturated carbocycles. The molecule has 6 nitrogen and oxygen atoms in total. The molecule has 0 aromatic rings. The van der Waals surface area contributed by atoms with Crippen molar-refractivity contribution in [2.24, 2.45) is 5.92 Å². The lowest BCUT2D eigenvalue weighted by Gasteiger charge is -2.25. The van der Waals surface area contributed by atoms with E-state index in [1.54, 1.807) is 20.8 Å². The Morgan fingerprint density at radius 3 is 2.29 bits per heavy atom. The van der Waals surface area contributed by atoms with Crippen molar-refractivity contribution >= 4 is 12.0 Å². The monoisotopic (exact) mass is 243 g/mol. The predicted molar refractivity (Wildman–Crippen MR) is 63.6 cm³/mol. The molecule has 0 aromatic carbocycles. The van der Waals surface area contributed by atoms with Crippen LogP contribution in [0.4, 0.5) is 4.79 Å². The average Bonchev–Trinajstić information content (AvgIpc) is 2.06. The van der Waals surface area contributed by atoms with Gasteiger partial charge in [-0.05, 0) is 20.8 Å². The first-order valence-corrected chi connectivity index (χ1v) is 5.84. The highest BCUT2D eigenvalue weighted by Crippen LogP contribution is 2.06. The van der Waals surface area contributed by atoms with E-state index in [0.717, 1.165) is 13.1 Å². The molecule has 1 heterocycles. The third-order valence-electron chi connectivity index (χ3n) is 2.24. The second-order valence-corrected chi connectivity index (χ2v) is 5.07. The van der Waals surface area contributed by atoms with Gasteiger partial charge in [0.1, 0.15) is 5.60 Å². The van der Waals surface area contributed by atoms with Gasteiger partial charge in [0, 0.05) is 26.2 Å². The smallest absolute Gasteiger partial charge is 0.407 e. The Balaban J connectivity index is 2.03. The number of alkyl carbamates (subject to hydrolysis) is 1. The van der Waals surface area contributed by atoms with Crippen molar-refractivity contribution in [2.45, 2.75) is 26.4 Å². The van der Waals surface area contributed by atoms with E-state index in [1.165, 1.54) is 0 Å². The van der Waals surface area contributed by atoms with Crippen LogP contribution in [0.25, 0.3) is 0 Å². The number of carbonyl (C=O) groups is 2. The molecule has 3 N–H and O–H groups in total. The zero-order chi connectivity index (χ0) is 12.9. The van der Waals surface area contributed by atoms with E-state index >= 15 is 0 Å². The van der Waals surface area contributed by atoms with Crippen LogP contribution in [-0.2, 0) is 9.53 Å². The lowest BCUT2D eigenvalue weighted by Crippen LogP contribution is -2.51. The maximum absolute atomic E-state index is 11.4. The van der Waals surface area contributed by atoms with Crippen molar-refractivity contribution in [3.63, 3.8) is 0 Å². The minimum atomic E-state index is -0.495. The van der Waals surface area contributed by atoms with E-state index in [4.69, 9.17) is 4.74 Å². The first-order chi connectivity index (χ1) is 7.88. The molecule has 0 aromatic heterocycles. The predicted octanol–water partition coefficient (Wildman–Crippen LogP) is -0.153. The summed E-state index contributed by atoms with van der Waals surface area (Å²) in [5, 5.41) is 8.36. The highest BCUT2D eigenvalue weighted by Gasteiger charge is 2.24. The quantitative estimate of drug-likeness (QED) is 0.600. The summed E-state index contributed by atoms with van der Waals surface area (Å²) in [6, 6.07) is 0. The van der Waals surface area contributed by atoms with Crippen LogP contribution in [-0.4, -0.2) is 43.8 Å². The highest BCUT2D eigenvalue weighted by atomic mass is 16.6. The zero-order valence-electron chi connectivity index (χ0n) is 10.6. The normalized spacial score (nSPS) is 15.9. The Kier molecular flexibility index (Phi) is 4.74. The van der Waals surface area contributed by atoms with Gasteiger partial charge in [-0.15, -0.1) is 0 Å². The fourth-order valence-corrected chi connectivity index (χ4v) is 1.28. The molecule has 1 rings (SSSR count). The van der Waals surface area contributed by atoms with Crippen molar-refractivity contribution in [3.05, 3.63) is 0 Å². The molecule has 2 amide bonds. The molecule has 6 heteroatoms. The van der Waals surface area contributed by atoms with Crippen molar-refractivity contribution < 1.29 is 14.3 Å². The number of carbonyl (C=O) groups excluding carboxylic acids is 2. The molecule has 98 valence electrons. The third kappa shape index (κ3) is 5.53. The lowest BCUT2D eigenvalue weighted by atomic mass is 10.0. The summed E-state index contributed by atoms with van der Waals surface area (Å²) in [6.07, 6.45) is -0.461. The van der Waals surface area contributed by atoms with Crippen molar-refractivity contribution in [3.8, 4) is 0 Å². The molecule has 0 aliphatic carbocycles. The third-order valence-corrected chi connectivity index (χ3v) is 2.24. The second-order valence-electron chi connectivity index (χ2n) is 5.07. The number of ether oxygens (including phenoxy) is 1. The molecule has 17 heavy (non-hydrogen) atoms. The Bertz CT molecular complexity index is 282. The van der Waals surface area contributed by atoms with Gasteiger partial charge in [0.25, 0.3) is 0 Å². The highest BCUT2D eigenvalue weighted by molar-refractivity contribution is 5.80. The van der Waals surface area contributed by atoms with Gasteiger partial charge in [-0.2, -0.15) is 0 Å². The van der Waals surface area contributed by atoms with Gasteiger partial charge in [-0.25, -0.2) is 4.79 Å². The molecule has 1 fully saturated rings. The number of nitrogens with one attached hydrogen (secondary N) is 3. The molecule has 0 spiro atoms. The topological polar surface area (TPSA) is 79.5 Å². The Morgan fingerprint density at radius 2 is 1.82 bits per heavy atom. The maximum Gasteiger partial charge on any atom is 0.407 e. The van der Waals surface area contributed by atoms with Crippen LogP contribution in [0.2, 0.25) is 0 Å². The fourth-order valence-electron chi connectivity index (χ4n) is 1.28. The zero-order valence-corrected chi connectivity index (χ0v) is 10.6. The second kappa shape index (κ2) is 5.86. The molecule has 0 unspecified atom stereocenters. The summed E-state index contributed by atoms with van der Waals surface area (Å²) in [6.45, 7) is 7.69. The van der Waals surface area contributed by atoms with Crippen LogP contribution in [0.1, 0.15) is 20.8 Å². The van der Waals surface area contributed by atoms with Crippen LogP contribution in [0.5, 0.6) is 0 Å². The van der Waals surface area contributed by atoms with Crippen molar-refractivity contribution in [1.82, 2.24) is 16.0 Å². The van der Waals surface area contributed by atoms with E-state index in [2.05, 4.69) is 16.0 Å². The van der Waals surface area contributed by atoms with Crippen LogP contribution in [0.3, 0.4) is 0 Å². The van der Waals surface area contributed by atoms with E-state index in [9.17, 15) is 9.59 Å². The first-order valence-electron chi connectivity index (χ1n) is 5.84. The molecule has 1 saturated heterocycles.